The Kier molecular flexibility index (Phi) is 4.25. The molecule has 0 aromatic carbocycles. The summed E-state index contributed by atoms with van der Waals surface area (Å²) in [6, 6.07) is 0.216. The van der Waals surface area contributed by atoms with Gasteiger partial charge in [-0.25, -0.2) is 9.67 Å². The van der Waals surface area contributed by atoms with Crippen LogP contribution in [0.4, 0.5) is 5.95 Å². The van der Waals surface area contributed by atoms with Crippen molar-refractivity contribution in [2.45, 2.75) is 40.7 Å². The van der Waals surface area contributed by atoms with E-state index in [0.29, 0.717) is 0 Å². The van der Waals surface area contributed by atoms with Gasteiger partial charge in [0.15, 0.2) is 5.82 Å². The Hall–Kier alpha value is -1.85. The number of aryl methyl sites for hydroxylation is 1. The van der Waals surface area contributed by atoms with E-state index in [9.17, 15) is 0 Å². The van der Waals surface area contributed by atoms with Crippen molar-refractivity contribution in [3.8, 4) is 11.5 Å². The van der Waals surface area contributed by atoms with Crippen molar-refractivity contribution >= 4 is 5.95 Å². The topological polar surface area (TPSA) is 85.4 Å². The first-order valence-electron chi connectivity index (χ1n) is 5.82. The smallest absolute Gasteiger partial charge is 0.240 e. The molecule has 0 aliphatic carbocycles. The van der Waals surface area contributed by atoms with Crippen LogP contribution < -0.4 is 5.73 Å². The summed E-state index contributed by atoms with van der Waals surface area (Å²) in [6.07, 6.45) is 1.73. The molecule has 17 heavy (non-hydrogen) atoms. The molecule has 0 bridgehead atoms. The third-order valence-corrected chi connectivity index (χ3v) is 2.08. The minimum atomic E-state index is 0.216. The van der Waals surface area contributed by atoms with E-state index in [1.54, 1.807) is 10.9 Å². The molecule has 6 nitrogen and oxygen atoms in total. The van der Waals surface area contributed by atoms with E-state index in [-0.39, 0.29) is 12.0 Å². The minimum Gasteiger partial charge on any atom is -0.366 e. The van der Waals surface area contributed by atoms with E-state index < -0.39 is 0 Å². The molecule has 0 spiro atoms. The van der Waals surface area contributed by atoms with Crippen LogP contribution in [-0.4, -0.2) is 24.7 Å². The molecule has 2 aromatic rings. The van der Waals surface area contributed by atoms with Gasteiger partial charge >= 0.3 is 0 Å². The molecule has 94 valence electrons. The average Bonchev–Trinajstić information content (AvgIpc) is 2.87. The second kappa shape index (κ2) is 5.47. The van der Waals surface area contributed by atoms with Gasteiger partial charge in [-0.15, -0.1) is 5.10 Å². The number of hydrogen-bond donors (Lipinski definition) is 2. The second-order valence-electron chi connectivity index (χ2n) is 3.71. The first kappa shape index (κ1) is 13.2. The summed E-state index contributed by atoms with van der Waals surface area (Å²) in [6.45, 7) is 9.95. The lowest BCUT2D eigenvalue weighted by atomic mass is 10.3. The Balaban J connectivity index is 0.000000686. The monoisotopic (exact) mass is 236 g/mol. The van der Waals surface area contributed by atoms with Crippen LogP contribution in [0.2, 0.25) is 0 Å². The molecule has 0 aliphatic heterocycles. The fourth-order valence-corrected chi connectivity index (χ4v) is 1.42. The van der Waals surface area contributed by atoms with Crippen molar-refractivity contribution in [1.82, 2.24) is 24.7 Å². The molecule has 2 rings (SSSR count). The van der Waals surface area contributed by atoms with Gasteiger partial charge in [0.05, 0.1) is 6.20 Å². The zero-order chi connectivity index (χ0) is 13.0. The second-order valence-corrected chi connectivity index (χ2v) is 3.71. The van der Waals surface area contributed by atoms with Gasteiger partial charge < -0.3 is 10.7 Å². The predicted molar refractivity (Wildman–Crippen MR) is 68.5 cm³/mol. The van der Waals surface area contributed by atoms with E-state index in [1.807, 2.05) is 34.6 Å². The van der Waals surface area contributed by atoms with E-state index in [2.05, 4.69) is 20.1 Å². The van der Waals surface area contributed by atoms with Crippen LogP contribution >= 0.6 is 0 Å². The Labute approximate surface area is 101 Å². The van der Waals surface area contributed by atoms with Gasteiger partial charge in [0.1, 0.15) is 11.5 Å². The van der Waals surface area contributed by atoms with Crippen molar-refractivity contribution in [3.05, 3.63) is 12.0 Å². The highest BCUT2D eigenvalue weighted by Gasteiger charge is 2.14. The summed E-state index contributed by atoms with van der Waals surface area (Å²) in [5.74, 6) is 1.86. The number of rotatable bonds is 2. The van der Waals surface area contributed by atoms with Crippen LogP contribution in [-0.2, 0) is 0 Å². The molecule has 0 saturated heterocycles. The Morgan fingerprint density at radius 2 is 2.00 bits per heavy atom. The van der Waals surface area contributed by atoms with Crippen molar-refractivity contribution < 1.29 is 0 Å². The van der Waals surface area contributed by atoms with Gasteiger partial charge in [-0.2, -0.15) is 4.98 Å². The molecule has 0 atom stereocenters. The van der Waals surface area contributed by atoms with Crippen LogP contribution in [0.3, 0.4) is 0 Å². The lowest BCUT2D eigenvalue weighted by Gasteiger charge is -2.06. The van der Waals surface area contributed by atoms with Crippen molar-refractivity contribution in [1.29, 1.82) is 0 Å². The highest BCUT2D eigenvalue weighted by Crippen LogP contribution is 2.19. The van der Waals surface area contributed by atoms with Crippen LogP contribution in [0.1, 0.15) is 39.6 Å². The summed E-state index contributed by atoms with van der Waals surface area (Å²) >= 11 is 0. The van der Waals surface area contributed by atoms with Gasteiger partial charge in [0.2, 0.25) is 5.95 Å². The third kappa shape index (κ3) is 2.83. The van der Waals surface area contributed by atoms with Crippen molar-refractivity contribution in [2.24, 2.45) is 0 Å². The fraction of sp³-hybridized carbons (Fsp3) is 0.545. The summed E-state index contributed by atoms with van der Waals surface area (Å²) in [4.78, 5) is 11.4. The number of aromatic amines is 1. The van der Waals surface area contributed by atoms with Gasteiger partial charge in [0.25, 0.3) is 0 Å². The van der Waals surface area contributed by atoms with Crippen LogP contribution in [0.15, 0.2) is 6.20 Å². The lowest BCUT2D eigenvalue weighted by molar-refractivity contribution is 0.538. The number of nitrogen functional groups attached to an aromatic ring is 1. The molecule has 0 fully saturated rings. The van der Waals surface area contributed by atoms with E-state index in [0.717, 1.165) is 17.3 Å². The lowest BCUT2D eigenvalue weighted by Crippen LogP contribution is -2.05. The summed E-state index contributed by atoms with van der Waals surface area (Å²) in [5, 5.41) is 4.13. The molecule has 6 heteroatoms. The van der Waals surface area contributed by atoms with Gasteiger partial charge in [-0.05, 0) is 20.8 Å². The zero-order valence-corrected chi connectivity index (χ0v) is 11.0. The molecule has 0 amide bonds. The number of aromatic nitrogens is 5. The summed E-state index contributed by atoms with van der Waals surface area (Å²) in [5.41, 5.74) is 6.42. The maximum Gasteiger partial charge on any atom is 0.240 e. The minimum absolute atomic E-state index is 0.216. The molecule has 0 aliphatic rings. The molecule has 3 N–H and O–H groups in total. The number of anilines is 1. The predicted octanol–water partition coefficient (Wildman–Crippen LogP) is 2.17. The largest absolute Gasteiger partial charge is 0.366 e. The van der Waals surface area contributed by atoms with Crippen molar-refractivity contribution in [3.63, 3.8) is 0 Å². The number of nitrogens with two attached hydrogens (primary N) is 1. The van der Waals surface area contributed by atoms with E-state index in [4.69, 9.17) is 5.73 Å². The Morgan fingerprint density at radius 1 is 1.35 bits per heavy atom. The van der Waals surface area contributed by atoms with Crippen molar-refractivity contribution in [2.75, 3.05) is 5.73 Å². The molecule has 2 aromatic heterocycles. The molecule has 0 radical (unpaired) electrons. The molecular formula is C11H20N6. The maximum absolute atomic E-state index is 5.58. The van der Waals surface area contributed by atoms with Crippen LogP contribution in [0.5, 0.6) is 0 Å². The highest BCUT2D eigenvalue weighted by atomic mass is 15.4. The number of hydrogen-bond acceptors (Lipinski definition) is 4. The molecule has 0 unspecified atom stereocenters. The zero-order valence-electron chi connectivity index (χ0n) is 11.0. The quantitative estimate of drug-likeness (QED) is 0.836. The normalized spacial score (nSPS) is 10.2. The molecular weight excluding hydrogens is 216 g/mol. The molecule has 0 saturated carbocycles. The summed E-state index contributed by atoms with van der Waals surface area (Å²) < 4.78 is 1.78. The standard InChI is InChI=1S/C9H14N6.C2H6/c1-5(2)15-8(13-9(10)14-15)7-4-11-6(3)12-7;1-2/h4-5H,1-3H3,(H2,10,14)(H,11,12);1-2H3. The third-order valence-electron chi connectivity index (χ3n) is 2.08. The Bertz CT molecular complexity index is 468. The van der Waals surface area contributed by atoms with Gasteiger partial charge in [-0.1, -0.05) is 13.8 Å². The van der Waals surface area contributed by atoms with Crippen LogP contribution in [0.25, 0.3) is 11.5 Å². The maximum atomic E-state index is 5.58. The van der Waals surface area contributed by atoms with Crippen LogP contribution in [0, 0.1) is 6.92 Å². The first-order valence-corrected chi connectivity index (χ1v) is 5.82. The number of imidazole rings is 1. The van der Waals surface area contributed by atoms with Gasteiger partial charge in [-0.3, -0.25) is 0 Å². The number of H-pyrrole nitrogens is 1. The SMILES string of the molecule is CC.Cc1ncc(-c2nc(N)nn2C(C)C)[nH]1. The Morgan fingerprint density at radius 3 is 2.47 bits per heavy atom. The fourth-order valence-electron chi connectivity index (χ4n) is 1.42. The molecule has 2 heterocycles. The van der Waals surface area contributed by atoms with E-state index >= 15 is 0 Å². The van der Waals surface area contributed by atoms with Gasteiger partial charge in [0, 0.05) is 6.04 Å². The highest BCUT2D eigenvalue weighted by molar-refractivity contribution is 5.50. The summed E-state index contributed by atoms with van der Waals surface area (Å²) in [7, 11) is 0. The number of nitrogens with zero attached hydrogens (tertiary/aromatic N) is 4. The first-order chi connectivity index (χ1) is 8.08. The average molecular weight is 236 g/mol. The number of nitrogens with one attached hydrogen (secondary N) is 1. The van der Waals surface area contributed by atoms with E-state index in [1.165, 1.54) is 0 Å².